The quantitative estimate of drug-likeness (QED) is 0.421. The molecular formula is C28H35F2NO4. The summed E-state index contributed by atoms with van der Waals surface area (Å²) in [7, 11) is 0. The summed E-state index contributed by atoms with van der Waals surface area (Å²) >= 11 is 0. The highest BCUT2D eigenvalue weighted by Crippen LogP contribution is 2.26. The Morgan fingerprint density at radius 2 is 2.03 bits per heavy atom. The van der Waals surface area contributed by atoms with Crippen LogP contribution < -0.4 is 0 Å². The molecule has 1 heterocycles. The zero-order chi connectivity index (χ0) is 25.5. The maximum absolute atomic E-state index is 13.9. The van der Waals surface area contributed by atoms with E-state index in [0.29, 0.717) is 29.7 Å². The van der Waals surface area contributed by atoms with Crippen LogP contribution in [-0.4, -0.2) is 52.9 Å². The van der Waals surface area contributed by atoms with E-state index in [4.69, 9.17) is 4.74 Å². The number of aliphatic carboxylic acids is 1. The lowest BCUT2D eigenvalue weighted by Gasteiger charge is -2.27. The SMILES string of the molecule is CCC(=Cc1cc(F)ccc1[C@@H](C)OC[C@H](O)CN1CCC[C@H]1Cc1ccc(C)c(F)c1)C(=O)O. The number of aliphatic hydroxyl groups is 1. The van der Waals surface area contributed by atoms with Crippen molar-refractivity contribution in [1.82, 2.24) is 4.90 Å². The second kappa shape index (κ2) is 12.4. The number of likely N-dealkylation sites (tertiary alicyclic amines) is 1. The van der Waals surface area contributed by atoms with Crippen LogP contribution in [0.5, 0.6) is 0 Å². The van der Waals surface area contributed by atoms with E-state index in [9.17, 15) is 23.8 Å². The Hall–Kier alpha value is -2.61. The standard InChI is InChI=1S/C28H35F2NO4/c1-4-21(28(33)34)14-22-15-23(29)9-10-26(22)19(3)35-17-25(32)16-31-11-5-6-24(31)12-20-8-7-18(2)27(30)13-20/h7-10,13-15,19,24-25,32H,4-6,11-12,16-17H2,1-3H3,(H,33,34)/t19-,24+,25-/m1/s1. The summed E-state index contributed by atoms with van der Waals surface area (Å²) in [5, 5.41) is 20.0. The monoisotopic (exact) mass is 487 g/mol. The van der Waals surface area contributed by atoms with Gasteiger partial charge in [0, 0.05) is 18.2 Å². The molecule has 1 saturated heterocycles. The van der Waals surface area contributed by atoms with Crippen LogP contribution in [0.3, 0.4) is 0 Å². The molecule has 2 N–H and O–H groups in total. The van der Waals surface area contributed by atoms with Gasteiger partial charge in [0.1, 0.15) is 11.6 Å². The summed E-state index contributed by atoms with van der Waals surface area (Å²) in [5.41, 5.74) is 2.88. The van der Waals surface area contributed by atoms with Crippen molar-refractivity contribution in [3.63, 3.8) is 0 Å². The average molecular weight is 488 g/mol. The summed E-state index contributed by atoms with van der Waals surface area (Å²) < 4.78 is 33.7. The fourth-order valence-corrected chi connectivity index (χ4v) is 4.61. The highest BCUT2D eigenvalue weighted by atomic mass is 19.1. The van der Waals surface area contributed by atoms with Crippen LogP contribution in [0.1, 0.15) is 61.5 Å². The second-order valence-corrected chi connectivity index (χ2v) is 9.31. The molecule has 1 aliphatic rings. The number of ether oxygens (including phenoxy) is 1. The molecule has 35 heavy (non-hydrogen) atoms. The van der Waals surface area contributed by atoms with Crippen molar-refractivity contribution in [2.24, 2.45) is 0 Å². The lowest BCUT2D eigenvalue weighted by molar-refractivity contribution is -0.132. The predicted octanol–water partition coefficient (Wildman–Crippen LogP) is 5.30. The van der Waals surface area contributed by atoms with E-state index in [1.165, 1.54) is 18.2 Å². The molecule has 0 bridgehead atoms. The number of β-amino-alcohol motifs (C(OH)–C–C–N with tert-alkyl or cyclic N) is 1. The number of aliphatic hydroxyl groups excluding tert-OH is 1. The Labute approximate surface area is 206 Å². The van der Waals surface area contributed by atoms with Crippen LogP contribution in [-0.2, 0) is 16.0 Å². The summed E-state index contributed by atoms with van der Waals surface area (Å²) in [5.74, 6) is -1.69. The largest absolute Gasteiger partial charge is 0.478 e. The number of hydrogen-bond acceptors (Lipinski definition) is 4. The van der Waals surface area contributed by atoms with Crippen LogP contribution in [0.15, 0.2) is 42.0 Å². The third kappa shape index (κ3) is 7.43. The molecule has 1 aliphatic heterocycles. The molecule has 2 aromatic carbocycles. The summed E-state index contributed by atoms with van der Waals surface area (Å²) in [4.78, 5) is 13.6. The second-order valence-electron chi connectivity index (χ2n) is 9.31. The molecule has 0 aliphatic carbocycles. The van der Waals surface area contributed by atoms with Gasteiger partial charge < -0.3 is 14.9 Å². The van der Waals surface area contributed by atoms with Crippen molar-refractivity contribution >= 4 is 12.0 Å². The van der Waals surface area contributed by atoms with Gasteiger partial charge in [-0.3, -0.25) is 4.90 Å². The third-order valence-corrected chi connectivity index (χ3v) is 6.66. The number of benzene rings is 2. The normalized spacial score (nSPS) is 18.6. The number of nitrogens with zero attached hydrogens (tertiary/aromatic N) is 1. The summed E-state index contributed by atoms with van der Waals surface area (Å²) in [6, 6.07) is 9.79. The minimum Gasteiger partial charge on any atom is -0.478 e. The molecule has 0 amide bonds. The van der Waals surface area contributed by atoms with Crippen LogP contribution >= 0.6 is 0 Å². The van der Waals surface area contributed by atoms with Gasteiger partial charge in [0.05, 0.1) is 18.8 Å². The molecule has 3 rings (SSSR count). The number of carboxylic acid groups (broad SMARTS) is 1. The first-order valence-corrected chi connectivity index (χ1v) is 12.2. The molecule has 3 atom stereocenters. The van der Waals surface area contributed by atoms with Crippen molar-refractivity contribution in [2.45, 2.75) is 64.7 Å². The Morgan fingerprint density at radius 1 is 1.26 bits per heavy atom. The van der Waals surface area contributed by atoms with E-state index in [1.54, 1.807) is 39.0 Å². The van der Waals surface area contributed by atoms with Crippen LogP contribution in [0.25, 0.3) is 6.08 Å². The van der Waals surface area contributed by atoms with Crippen LogP contribution in [0.2, 0.25) is 0 Å². The average Bonchev–Trinajstić information content (AvgIpc) is 3.24. The molecule has 0 saturated carbocycles. The van der Waals surface area contributed by atoms with Crippen LogP contribution in [0, 0.1) is 18.6 Å². The first-order chi connectivity index (χ1) is 16.7. The fraction of sp³-hybridized carbons (Fsp3) is 0.464. The molecule has 0 aromatic heterocycles. The van der Waals surface area contributed by atoms with Crippen molar-refractivity contribution in [1.29, 1.82) is 0 Å². The van der Waals surface area contributed by atoms with Crippen molar-refractivity contribution in [2.75, 3.05) is 19.7 Å². The molecule has 0 radical (unpaired) electrons. The van der Waals surface area contributed by atoms with Crippen LogP contribution in [0.4, 0.5) is 8.78 Å². The Kier molecular flexibility index (Phi) is 9.55. The van der Waals surface area contributed by atoms with Gasteiger partial charge in [0.2, 0.25) is 0 Å². The molecule has 0 spiro atoms. The minimum absolute atomic E-state index is 0.0869. The molecule has 0 unspecified atom stereocenters. The van der Waals surface area contributed by atoms with E-state index >= 15 is 0 Å². The van der Waals surface area contributed by atoms with E-state index in [-0.39, 0.29) is 24.0 Å². The zero-order valence-corrected chi connectivity index (χ0v) is 20.6. The summed E-state index contributed by atoms with van der Waals surface area (Å²) in [6.07, 6.45) is 3.35. The van der Waals surface area contributed by atoms with E-state index in [0.717, 1.165) is 31.4 Å². The van der Waals surface area contributed by atoms with E-state index in [1.807, 2.05) is 6.07 Å². The van der Waals surface area contributed by atoms with Crippen molar-refractivity contribution < 1.29 is 28.5 Å². The molecule has 1 fully saturated rings. The number of hydrogen-bond donors (Lipinski definition) is 2. The Bertz CT molecular complexity index is 1060. The van der Waals surface area contributed by atoms with Gasteiger partial charge >= 0.3 is 5.97 Å². The Morgan fingerprint density at radius 3 is 2.71 bits per heavy atom. The predicted molar refractivity (Wildman–Crippen MR) is 132 cm³/mol. The van der Waals surface area contributed by atoms with E-state index in [2.05, 4.69) is 4.90 Å². The molecule has 2 aromatic rings. The molecular weight excluding hydrogens is 452 g/mol. The first kappa shape index (κ1) is 27.0. The van der Waals surface area contributed by atoms with Gasteiger partial charge in [-0.25, -0.2) is 13.6 Å². The lowest BCUT2D eigenvalue weighted by Crippen LogP contribution is -2.39. The van der Waals surface area contributed by atoms with Gasteiger partial charge in [-0.15, -0.1) is 0 Å². The zero-order valence-electron chi connectivity index (χ0n) is 20.6. The fourth-order valence-electron chi connectivity index (χ4n) is 4.61. The third-order valence-electron chi connectivity index (χ3n) is 6.66. The lowest BCUT2D eigenvalue weighted by atomic mass is 9.99. The number of rotatable bonds is 11. The van der Waals surface area contributed by atoms with E-state index < -0.39 is 24.0 Å². The number of carboxylic acids is 1. The Balaban J connectivity index is 1.60. The first-order valence-electron chi connectivity index (χ1n) is 12.2. The maximum atomic E-state index is 13.9. The van der Waals surface area contributed by atoms with Gasteiger partial charge in [-0.05, 0) is 92.6 Å². The van der Waals surface area contributed by atoms with Gasteiger partial charge in [0.25, 0.3) is 0 Å². The van der Waals surface area contributed by atoms with Gasteiger partial charge in [-0.1, -0.05) is 25.1 Å². The molecule has 7 heteroatoms. The molecule has 5 nitrogen and oxygen atoms in total. The highest BCUT2D eigenvalue weighted by molar-refractivity contribution is 5.92. The molecule has 190 valence electrons. The van der Waals surface area contributed by atoms with Gasteiger partial charge in [-0.2, -0.15) is 0 Å². The van der Waals surface area contributed by atoms with Gasteiger partial charge in [0.15, 0.2) is 0 Å². The summed E-state index contributed by atoms with van der Waals surface area (Å²) in [6.45, 7) is 6.68. The topological polar surface area (TPSA) is 70.0 Å². The number of aryl methyl sites for hydroxylation is 1. The number of halogens is 2. The minimum atomic E-state index is -1.04. The smallest absolute Gasteiger partial charge is 0.331 e. The highest BCUT2D eigenvalue weighted by Gasteiger charge is 2.27. The maximum Gasteiger partial charge on any atom is 0.331 e. The van der Waals surface area contributed by atoms with Crippen molar-refractivity contribution in [3.8, 4) is 0 Å². The number of carbonyl (C=O) groups is 1. The van der Waals surface area contributed by atoms with Crippen molar-refractivity contribution in [3.05, 3.63) is 75.9 Å².